The maximum atomic E-state index is 12.3. The summed E-state index contributed by atoms with van der Waals surface area (Å²) in [6, 6.07) is 14.1. The number of carbonyl (C=O) groups is 3. The van der Waals surface area contributed by atoms with Crippen LogP contribution < -0.4 is 14.8 Å². The molecule has 1 atom stereocenters. The number of esters is 1. The van der Waals surface area contributed by atoms with E-state index in [2.05, 4.69) is 5.32 Å². The highest BCUT2D eigenvalue weighted by atomic mass is 16.5. The summed E-state index contributed by atoms with van der Waals surface area (Å²) in [5.74, 6) is 0.261. The first-order valence-electron chi connectivity index (χ1n) is 10.3. The third-order valence-electron chi connectivity index (χ3n) is 4.51. The predicted octanol–water partition coefficient (Wildman–Crippen LogP) is 3.70. The van der Waals surface area contributed by atoms with E-state index in [0.717, 1.165) is 17.7 Å². The molecule has 2 rings (SSSR count). The second-order valence-electron chi connectivity index (χ2n) is 6.99. The fourth-order valence-corrected chi connectivity index (χ4v) is 2.70. The standard InChI is InChI=1S/C24H29NO6/c1-4-15-30-21-11-7-19(8-12-21)22(26)13-14-23(27)31-17(2)24(28)25-16-18-5-9-20(29-3)10-6-18/h5-12,17H,4,13-16H2,1-3H3,(H,25,28). The van der Waals surface area contributed by atoms with Crippen molar-refractivity contribution in [3.63, 3.8) is 0 Å². The van der Waals surface area contributed by atoms with E-state index in [1.165, 1.54) is 6.92 Å². The molecule has 166 valence electrons. The topological polar surface area (TPSA) is 90.9 Å². The largest absolute Gasteiger partial charge is 0.497 e. The monoisotopic (exact) mass is 427 g/mol. The van der Waals surface area contributed by atoms with Gasteiger partial charge in [0.25, 0.3) is 5.91 Å². The lowest BCUT2D eigenvalue weighted by Gasteiger charge is -2.13. The maximum absolute atomic E-state index is 12.3. The SMILES string of the molecule is CCCOc1ccc(C(=O)CCC(=O)OC(C)C(=O)NCc2ccc(OC)cc2)cc1. The van der Waals surface area contributed by atoms with Gasteiger partial charge in [-0.3, -0.25) is 14.4 Å². The second-order valence-corrected chi connectivity index (χ2v) is 6.99. The molecule has 0 heterocycles. The number of ether oxygens (including phenoxy) is 3. The summed E-state index contributed by atoms with van der Waals surface area (Å²) in [6.45, 7) is 4.44. The molecule has 0 bridgehead atoms. The molecule has 0 aliphatic carbocycles. The highest BCUT2D eigenvalue weighted by molar-refractivity contribution is 5.97. The minimum atomic E-state index is -0.948. The van der Waals surface area contributed by atoms with Crippen molar-refractivity contribution in [1.29, 1.82) is 0 Å². The zero-order valence-electron chi connectivity index (χ0n) is 18.2. The minimum Gasteiger partial charge on any atom is -0.497 e. The number of methoxy groups -OCH3 is 1. The van der Waals surface area contributed by atoms with Gasteiger partial charge in [0.05, 0.1) is 20.1 Å². The van der Waals surface area contributed by atoms with Gasteiger partial charge in [-0.1, -0.05) is 19.1 Å². The molecule has 0 aliphatic heterocycles. The van der Waals surface area contributed by atoms with Gasteiger partial charge in [-0.15, -0.1) is 0 Å². The molecule has 0 spiro atoms. The van der Waals surface area contributed by atoms with Gasteiger partial charge in [0.15, 0.2) is 11.9 Å². The Kier molecular flexibility index (Phi) is 9.55. The molecule has 0 radical (unpaired) electrons. The van der Waals surface area contributed by atoms with Crippen LogP contribution in [0.5, 0.6) is 11.5 Å². The highest BCUT2D eigenvalue weighted by Gasteiger charge is 2.18. The van der Waals surface area contributed by atoms with Gasteiger partial charge in [-0.2, -0.15) is 0 Å². The van der Waals surface area contributed by atoms with Crippen LogP contribution >= 0.6 is 0 Å². The summed E-state index contributed by atoms with van der Waals surface area (Å²) in [7, 11) is 1.58. The van der Waals surface area contributed by atoms with Crippen molar-refractivity contribution < 1.29 is 28.6 Å². The van der Waals surface area contributed by atoms with Crippen molar-refractivity contribution >= 4 is 17.7 Å². The average molecular weight is 427 g/mol. The first kappa shape index (κ1) is 23.9. The summed E-state index contributed by atoms with van der Waals surface area (Å²) in [5, 5.41) is 2.72. The zero-order chi connectivity index (χ0) is 22.6. The van der Waals surface area contributed by atoms with Gasteiger partial charge in [0.1, 0.15) is 11.5 Å². The van der Waals surface area contributed by atoms with Crippen LogP contribution in [-0.2, 0) is 20.9 Å². The van der Waals surface area contributed by atoms with Crippen LogP contribution in [0.4, 0.5) is 0 Å². The van der Waals surface area contributed by atoms with Crippen molar-refractivity contribution in [1.82, 2.24) is 5.32 Å². The van der Waals surface area contributed by atoms with Crippen molar-refractivity contribution in [2.45, 2.75) is 45.8 Å². The molecule has 0 fully saturated rings. The van der Waals surface area contributed by atoms with E-state index in [0.29, 0.717) is 24.5 Å². The summed E-state index contributed by atoms with van der Waals surface area (Å²) in [6.07, 6.45) is -0.131. The Morgan fingerprint density at radius 3 is 2.19 bits per heavy atom. The molecular formula is C24H29NO6. The second kappa shape index (κ2) is 12.4. The van der Waals surface area contributed by atoms with Crippen molar-refractivity contribution in [2.24, 2.45) is 0 Å². The van der Waals surface area contributed by atoms with Gasteiger partial charge in [-0.05, 0) is 55.3 Å². The molecule has 0 aliphatic rings. The lowest BCUT2D eigenvalue weighted by molar-refractivity contribution is -0.154. The number of Topliss-reactive ketones (excluding diaryl/α,β-unsaturated/α-hetero) is 1. The fraction of sp³-hybridized carbons (Fsp3) is 0.375. The van der Waals surface area contributed by atoms with Gasteiger partial charge >= 0.3 is 5.97 Å². The molecule has 0 aromatic heterocycles. The third kappa shape index (κ3) is 8.12. The number of hydrogen-bond acceptors (Lipinski definition) is 6. The molecule has 2 aromatic rings. The number of carbonyl (C=O) groups excluding carboxylic acids is 3. The molecule has 0 saturated carbocycles. The van der Waals surface area contributed by atoms with Crippen LogP contribution in [-0.4, -0.2) is 37.5 Å². The fourth-order valence-electron chi connectivity index (χ4n) is 2.70. The highest BCUT2D eigenvalue weighted by Crippen LogP contribution is 2.15. The summed E-state index contributed by atoms with van der Waals surface area (Å²) in [4.78, 5) is 36.4. The number of benzene rings is 2. The van der Waals surface area contributed by atoms with Crippen LogP contribution in [0.1, 0.15) is 49.0 Å². The molecule has 7 heteroatoms. The van der Waals surface area contributed by atoms with E-state index in [4.69, 9.17) is 14.2 Å². The Morgan fingerprint density at radius 1 is 0.935 bits per heavy atom. The van der Waals surface area contributed by atoms with E-state index in [-0.39, 0.29) is 18.6 Å². The van der Waals surface area contributed by atoms with E-state index in [1.807, 2.05) is 19.1 Å². The lowest BCUT2D eigenvalue weighted by Crippen LogP contribution is -2.35. The Morgan fingerprint density at radius 2 is 1.58 bits per heavy atom. The first-order valence-corrected chi connectivity index (χ1v) is 10.3. The molecule has 7 nitrogen and oxygen atoms in total. The van der Waals surface area contributed by atoms with Gasteiger partial charge in [-0.25, -0.2) is 0 Å². The van der Waals surface area contributed by atoms with Crippen molar-refractivity contribution in [2.75, 3.05) is 13.7 Å². The van der Waals surface area contributed by atoms with Crippen molar-refractivity contribution in [3.05, 3.63) is 59.7 Å². The van der Waals surface area contributed by atoms with E-state index in [1.54, 1.807) is 43.5 Å². The molecule has 31 heavy (non-hydrogen) atoms. The molecule has 1 unspecified atom stereocenters. The lowest BCUT2D eigenvalue weighted by atomic mass is 10.1. The summed E-state index contributed by atoms with van der Waals surface area (Å²) in [5.41, 5.74) is 1.39. The van der Waals surface area contributed by atoms with Crippen LogP contribution in [0.3, 0.4) is 0 Å². The average Bonchev–Trinajstić information content (AvgIpc) is 2.80. The number of nitrogens with one attached hydrogen (secondary N) is 1. The molecule has 2 aromatic carbocycles. The van der Waals surface area contributed by atoms with Crippen LogP contribution in [0, 0.1) is 0 Å². The van der Waals surface area contributed by atoms with E-state index < -0.39 is 18.0 Å². The van der Waals surface area contributed by atoms with Crippen LogP contribution in [0.15, 0.2) is 48.5 Å². The normalized spacial score (nSPS) is 11.3. The Labute approximate surface area is 182 Å². The summed E-state index contributed by atoms with van der Waals surface area (Å²) >= 11 is 0. The summed E-state index contributed by atoms with van der Waals surface area (Å²) < 4.78 is 15.7. The van der Waals surface area contributed by atoms with Gasteiger partial charge in [0, 0.05) is 18.5 Å². The first-order chi connectivity index (χ1) is 14.9. The Bertz CT molecular complexity index is 861. The van der Waals surface area contributed by atoms with Gasteiger partial charge < -0.3 is 19.5 Å². The number of rotatable bonds is 12. The van der Waals surface area contributed by atoms with Crippen molar-refractivity contribution in [3.8, 4) is 11.5 Å². The Hall–Kier alpha value is -3.35. The van der Waals surface area contributed by atoms with E-state index >= 15 is 0 Å². The maximum Gasteiger partial charge on any atom is 0.307 e. The number of hydrogen-bond donors (Lipinski definition) is 1. The van der Waals surface area contributed by atoms with Crippen LogP contribution in [0.2, 0.25) is 0 Å². The van der Waals surface area contributed by atoms with Gasteiger partial charge in [0.2, 0.25) is 0 Å². The zero-order valence-corrected chi connectivity index (χ0v) is 18.2. The number of ketones is 1. The van der Waals surface area contributed by atoms with E-state index in [9.17, 15) is 14.4 Å². The number of amides is 1. The smallest absolute Gasteiger partial charge is 0.307 e. The molecule has 1 amide bonds. The molecular weight excluding hydrogens is 398 g/mol. The minimum absolute atomic E-state index is 0.00812. The third-order valence-corrected chi connectivity index (χ3v) is 4.51. The quantitative estimate of drug-likeness (QED) is 0.410. The predicted molar refractivity (Wildman–Crippen MR) is 116 cm³/mol. The molecule has 0 saturated heterocycles. The van der Waals surface area contributed by atoms with Crippen LogP contribution in [0.25, 0.3) is 0 Å². The molecule has 1 N–H and O–H groups in total. The Balaban J connectivity index is 1.72.